The van der Waals surface area contributed by atoms with Gasteiger partial charge in [0.05, 0.1) is 54.2 Å². The van der Waals surface area contributed by atoms with Crippen LogP contribution in [0.2, 0.25) is 0 Å². The summed E-state index contributed by atoms with van der Waals surface area (Å²) in [7, 11) is 0. The van der Waals surface area contributed by atoms with E-state index in [2.05, 4.69) is 36.1 Å². The van der Waals surface area contributed by atoms with Gasteiger partial charge in [0.1, 0.15) is 11.8 Å². The molecule has 1 amide bonds. The number of rotatable bonds is 6. The van der Waals surface area contributed by atoms with Crippen LogP contribution >= 0.6 is 0 Å². The van der Waals surface area contributed by atoms with Crippen LogP contribution in [0.3, 0.4) is 0 Å². The fourth-order valence-corrected chi connectivity index (χ4v) is 3.43. The number of nitrogens with one attached hydrogen (secondary N) is 3. The quantitative estimate of drug-likeness (QED) is 0.434. The molecular formula is C20H20FN9O3. The molecule has 4 heterocycles. The molecule has 3 aromatic rings. The fourth-order valence-electron chi connectivity index (χ4n) is 3.43. The molecule has 12 nitrogen and oxygen atoms in total. The van der Waals surface area contributed by atoms with Crippen molar-refractivity contribution in [3.63, 3.8) is 0 Å². The smallest absolute Gasteiger partial charge is 0.405 e. The molecule has 4 N–H and O–H groups in total. The first-order valence-corrected chi connectivity index (χ1v) is 9.99. The predicted octanol–water partition coefficient (Wildman–Crippen LogP) is 1.96. The fraction of sp³-hybridized carbons (Fsp3) is 0.300. The number of hydrogen-bond acceptors (Lipinski definition) is 9. The highest BCUT2D eigenvalue weighted by Crippen LogP contribution is 2.26. The highest BCUT2D eigenvalue weighted by atomic mass is 19.1. The van der Waals surface area contributed by atoms with Crippen LogP contribution in [-0.4, -0.2) is 61.5 Å². The van der Waals surface area contributed by atoms with E-state index >= 15 is 0 Å². The second-order valence-electron chi connectivity index (χ2n) is 7.27. The van der Waals surface area contributed by atoms with Crippen molar-refractivity contribution < 1.29 is 19.0 Å². The van der Waals surface area contributed by atoms with Crippen molar-refractivity contribution in [2.75, 3.05) is 23.8 Å². The molecule has 0 spiro atoms. The SMILES string of the molecule is Cc1ncc(Nc2nc(N[C@@H]3CCOC[C@@H]3NC(=O)O)c(F)cc2C#N)cc1-n1nccn1. The average Bonchev–Trinajstić information content (AvgIpc) is 3.32. The Hall–Kier alpha value is -4.31. The van der Waals surface area contributed by atoms with E-state index in [4.69, 9.17) is 9.84 Å². The molecule has 1 saturated heterocycles. The van der Waals surface area contributed by atoms with E-state index in [0.717, 1.165) is 6.07 Å². The van der Waals surface area contributed by atoms with Crippen LogP contribution in [0.15, 0.2) is 30.7 Å². The number of hydrogen-bond donors (Lipinski definition) is 4. The summed E-state index contributed by atoms with van der Waals surface area (Å²) < 4.78 is 20.0. The van der Waals surface area contributed by atoms with Gasteiger partial charge in [0.25, 0.3) is 0 Å². The van der Waals surface area contributed by atoms with Gasteiger partial charge in [0, 0.05) is 6.61 Å². The Labute approximate surface area is 187 Å². The van der Waals surface area contributed by atoms with E-state index in [9.17, 15) is 14.4 Å². The van der Waals surface area contributed by atoms with Crippen LogP contribution < -0.4 is 16.0 Å². The number of nitriles is 1. The molecule has 13 heteroatoms. The highest BCUT2D eigenvalue weighted by molar-refractivity contribution is 5.67. The van der Waals surface area contributed by atoms with Crippen LogP contribution in [0.4, 0.5) is 26.5 Å². The van der Waals surface area contributed by atoms with E-state index in [1.165, 1.54) is 17.2 Å². The van der Waals surface area contributed by atoms with Crippen molar-refractivity contribution >= 4 is 23.4 Å². The molecule has 2 atom stereocenters. The summed E-state index contributed by atoms with van der Waals surface area (Å²) in [4.78, 5) is 21.0. The number of nitrogens with zero attached hydrogens (tertiary/aromatic N) is 6. The topological polar surface area (TPSA) is 163 Å². The van der Waals surface area contributed by atoms with Gasteiger partial charge in [0.2, 0.25) is 0 Å². The van der Waals surface area contributed by atoms with Gasteiger partial charge in [-0.05, 0) is 25.5 Å². The van der Waals surface area contributed by atoms with E-state index in [0.29, 0.717) is 30.1 Å². The molecule has 0 aromatic carbocycles. The number of aryl methyl sites for hydroxylation is 1. The Morgan fingerprint density at radius 1 is 1.30 bits per heavy atom. The minimum Gasteiger partial charge on any atom is -0.465 e. The molecule has 33 heavy (non-hydrogen) atoms. The van der Waals surface area contributed by atoms with Gasteiger partial charge < -0.3 is 25.8 Å². The molecule has 0 bridgehead atoms. The van der Waals surface area contributed by atoms with Crippen LogP contribution in [0.5, 0.6) is 0 Å². The van der Waals surface area contributed by atoms with E-state index in [-0.39, 0.29) is 23.8 Å². The third kappa shape index (κ3) is 4.96. The van der Waals surface area contributed by atoms with Crippen molar-refractivity contribution in [3.05, 3.63) is 47.8 Å². The Morgan fingerprint density at radius 2 is 2.09 bits per heavy atom. The van der Waals surface area contributed by atoms with E-state index in [1.807, 2.05) is 6.07 Å². The number of amides is 1. The number of carbonyl (C=O) groups is 1. The van der Waals surface area contributed by atoms with Gasteiger partial charge in [-0.1, -0.05) is 0 Å². The second-order valence-corrected chi connectivity index (χ2v) is 7.27. The molecule has 0 aliphatic carbocycles. The first-order chi connectivity index (χ1) is 15.9. The van der Waals surface area contributed by atoms with Crippen molar-refractivity contribution in [2.24, 2.45) is 0 Å². The Kier molecular flexibility index (Phi) is 6.27. The Balaban J connectivity index is 1.62. The number of anilines is 3. The largest absolute Gasteiger partial charge is 0.465 e. The van der Waals surface area contributed by atoms with Crippen molar-refractivity contribution in [1.82, 2.24) is 30.3 Å². The highest BCUT2D eigenvalue weighted by Gasteiger charge is 2.28. The van der Waals surface area contributed by atoms with Gasteiger partial charge in [0.15, 0.2) is 17.5 Å². The minimum absolute atomic E-state index is 0.00965. The zero-order valence-corrected chi connectivity index (χ0v) is 17.5. The third-order valence-electron chi connectivity index (χ3n) is 5.04. The molecule has 1 aliphatic rings. The maximum atomic E-state index is 14.7. The number of halogens is 1. The van der Waals surface area contributed by atoms with Crippen LogP contribution in [0, 0.1) is 24.1 Å². The number of pyridine rings is 2. The third-order valence-corrected chi connectivity index (χ3v) is 5.04. The van der Waals surface area contributed by atoms with Gasteiger partial charge in [-0.3, -0.25) is 4.98 Å². The zero-order valence-electron chi connectivity index (χ0n) is 17.5. The van der Waals surface area contributed by atoms with Crippen LogP contribution in [0.1, 0.15) is 17.7 Å². The Bertz CT molecular complexity index is 1200. The average molecular weight is 453 g/mol. The summed E-state index contributed by atoms with van der Waals surface area (Å²) in [6, 6.07) is 3.68. The van der Waals surface area contributed by atoms with Crippen LogP contribution in [0.25, 0.3) is 5.69 Å². The first kappa shape index (κ1) is 21.9. The first-order valence-electron chi connectivity index (χ1n) is 9.99. The van der Waals surface area contributed by atoms with Gasteiger partial charge in [-0.2, -0.15) is 15.5 Å². The molecule has 1 aliphatic heterocycles. The standard InChI is InChI=1S/C20H20FN9O3/c1-11-17(30-24-3-4-25-30)7-13(9-23-11)26-18-12(8-22)6-14(21)19(29-18)27-15-2-5-33-10-16(15)28-20(31)32/h3-4,6-7,9,15-16,28H,2,5,10H2,1H3,(H,31,32)(H2,26,27,29)/t15-,16+/m1/s1. The maximum absolute atomic E-state index is 14.7. The van der Waals surface area contributed by atoms with Gasteiger partial charge >= 0.3 is 6.09 Å². The van der Waals surface area contributed by atoms with E-state index in [1.54, 1.807) is 19.2 Å². The summed E-state index contributed by atoms with van der Waals surface area (Å²) in [6.07, 6.45) is 3.86. The van der Waals surface area contributed by atoms with Crippen molar-refractivity contribution in [1.29, 1.82) is 5.26 Å². The van der Waals surface area contributed by atoms with Crippen molar-refractivity contribution in [3.8, 4) is 11.8 Å². The minimum atomic E-state index is -1.21. The molecule has 0 radical (unpaired) electrons. The van der Waals surface area contributed by atoms with E-state index < -0.39 is 24.0 Å². The van der Waals surface area contributed by atoms with Gasteiger partial charge in [-0.15, -0.1) is 4.80 Å². The molecular weight excluding hydrogens is 433 g/mol. The van der Waals surface area contributed by atoms with Crippen LogP contribution in [-0.2, 0) is 4.74 Å². The Morgan fingerprint density at radius 3 is 2.82 bits per heavy atom. The number of carboxylic acid groups (broad SMARTS) is 1. The van der Waals surface area contributed by atoms with Gasteiger partial charge in [-0.25, -0.2) is 14.2 Å². The number of aromatic nitrogens is 5. The summed E-state index contributed by atoms with van der Waals surface area (Å²) in [6.45, 7) is 2.33. The summed E-state index contributed by atoms with van der Waals surface area (Å²) in [5, 5.41) is 35.0. The molecule has 0 unspecified atom stereocenters. The zero-order chi connectivity index (χ0) is 23.4. The monoisotopic (exact) mass is 453 g/mol. The summed E-state index contributed by atoms with van der Waals surface area (Å²) in [5.74, 6) is -0.739. The molecule has 1 fully saturated rings. The second kappa shape index (κ2) is 9.45. The molecule has 3 aromatic heterocycles. The lowest BCUT2D eigenvalue weighted by atomic mass is 10.0. The molecule has 0 saturated carbocycles. The molecule has 170 valence electrons. The lowest BCUT2D eigenvalue weighted by molar-refractivity contribution is 0.0625. The summed E-state index contributed by atoms with van der Waals surface area (Å²) in [5.41, 5.74) is 1.78. The predicted molar refractivity (Wildman–Crippen MR) is 114 cm³/mol. The summed E-state index contributed by atoms with van der Waals surface area (Å²) >= 11 is 0. The normalized spacial score (nSPS) is 17.7. The lowest BCUT2D eigenvalue weighted by Gasteiger charge is -2.32. The molecule has 4 rings (SSSR count). The maximum Gasteiger partial charge on any atom is 0.405 e. The van der Waals surface area contributed by atoms with Crippen molar-refractivity contribution in [2.45, 2.75) is 25.4 Å². The lowest BCUT2D eigenvalue weighted by Crippen LogP contribution is -2.52. The number of ether oxygens (including phenoxy) is 1.